The molecule has 0 amide bonds. The zero-order valence-corrected chi connectivity index (χ0v) is 8.44. The second-order valence-corrected chi connectivity index (χ2v) is 3.20. The Morgan fingerprint density at radius 2 is 2.12 bits per heavy atom. The largest absolute Gasteiger partial charge is 0.385 e. The fourth-order valence-electron chi connectivity index (χ4n) is 1.11. The zero-order valence-electron chi connectivity index (χ0n) is 8.44. The van der Waals surface area contributed by atoms with Crippen molar-refractivity contribution in [3.63, 3.8) is 0 Å². The molecule has 0 saturated carbocycles. The van der Waals surface area contributed by atoms with Crippen LogP contribution in [0.25, 0.3) is 0 Å². The number of hydrogen-bond acceptors (Lipinski definition) is 4. The molecule has 1 atom stereocenters. The molecule has 0 spiro atoms. The number of aliphatic hydroxyl groups excluding tert-OH is 1. The topological polar surface area (TPSA) is 75.4 Å². The molecule has 0 bridgehead atoms. The second-order valence-electron chi connectivity index (χ2n) is 3.20. The summed E-state index contributed by atoms with van der Waals surface area (Å²) in [6.07, 6.45) is -4.90. The molecule has 2 N–H and O–H groups in total. The lowest BCUT2D eigenvalue weighted by atomic mass is 10.2. The van der Waals surface area contributed by atoms with Gasteiger partial charge in [0, 0.05) is 6.54 Å². The molecule has 94 valence electrons. The maximum atomic E-state index is 12.7. The van der Waals surface area contributed by atoms with E-state index >= 15 is 0 Å². The number of hydrogen-bond donors (Lipinski definition) is 2. The van der Waals surface area contributed by atoms with E-state index in [2.05, 4.69) is 5.32 Å². The van der Waals surface area contributed by atoms with Gasteiger partial charge in [0.25, 0.3) is 12.1 Å². The van der Waals surface area contributed by atoms with Crippen LogP contribution < -0.4 is 5.32 Å². The van der Waals surface area contributed by atoms with Crippen LogP contribution in [0.3, 0.4) is 0 Å². The van der Waals surface area contributed by atoms with Crippen LogP contribution in [0, 0.1) is 15.9 Å². The predicted molar refractivity (Wildman–Crippen MR) is 53.6 cm³/mol. The van der Waals surface area contributed by atoms with E-state index in [0.29, 0.717) is 6.07 Å². The molecule has 5 nitrogen and oxygen atoms in total. The van der Waals surface area contributed by atoms with E-state index in [1.54, 1.807) is 0 Å². The molecule has 0 saturated heterocycles. The highest BCUT2D eigenvalue weighted by atomic mass is 19.3. The highest BCUT2D eigenvalue weighted by Crippen LogP contribution is 2.24. The molecular weight excluding hydrogens is 241 g/mol. The molecule has 8 heteroatoms. The van der Waals surface area contributed by atoms with Gasteiger partial charge >= 0.3 is 0 Å². The quantitative estimate of drug-likeness (QED) is 0.616. The average molecular weight is 250 g/mol. The number of rotatable bonds is 5. The van der Waals surface area contributed by atoms with Crippen LogP contribution in [0.4, 0.5) is 24.5 Å². The second kappa shape index (κ2) is 5.48. The van der Waals surface area contributed by atoms with Crippen molar-refractivity contribution < 1.29 is 23.2 Å². The van der Waals surface area contributed by atoms with Gasteiger partial charge in [-0.25, -0.2) is 13.2 Å². The minimum absolute atomic E-state index is 0.129. The first kappa shape index (κ1) is 13.2. The van der Waals surface area contributed by atoms with Gasteiger partial charge in [0.15, 0.2) is 0 Å². The van der Waals surface area contributed by atoms with Crippen LogP contribution in [0.1, 0.15) is 0 Å². The molecule has 0 fully saturated rings. The fraction of sp³-hybridized carbons (Fsp3) is 0.333. The molecule has 0 heterocycles. The molecule has 1 aromatic rings. The van der Waals surface area contributed by atoms with Gasteiger partial charge in [0.1, 0.15) is 17.6 Å². The standard InChI is InChI=1S/C9H9F3N2O3/c10-5-1-2-6(7(3-5)14(16)17)13-4-8(15)9(11)12/h1-3,8-9,13,15H,4H2. The van der Waals surface area contributed by atoms with E-state index in [4.69, 9.17) is 5.11 Å². The lowest BCUT2D eigenvalue weighted by Crippen LogP contribution is -2.27. The Morgan fingerprint density at radius 3 is 2.65 bits per heavy atom. The third-order valence-electron chi connectivity index (χ3n) is 1.95. The van der Waals surface area contributed by atoms with Crippen molar-refractivity contribution >= 4 is 11.4 Å². The van der Waals surface area contributed by atoms with E-state index in [-0.39, 0.29) is 5.69 Å². The first-order valence-corrected chi connectivity index (χ1v) is 4.56. The van der Waals surface area contributed by atoms with Gasteiger partial charge < -0.3 is 10.4 Å². The molecule has 0 aromatic heterocycles. The van der Waals surface area contributed by atoms with Crippen LogP contribution in [-0.4, -0.2) is 29.1 Å². The molecule has 0 aliphatic heterocycles. The van der Waals surface area contributed by atoms with Crippen molar-refractivity contribution in [1.82, 2.24) is 0 Å². The van der Waals surface area contributed by atoms with Crippen molar-refractivity contribution in [2.75, 3.05) is 11.9 Å². The van der Waals surface area contributed by atoms with E-state index < -0.39 is 35.5 Å². The van der Waals surface area contributed by atoms with E-state index in [9.17, 15) is 23.3 Å². The lowest BCUT2D eigenvalue weighted by Gasteiger charge is -2.11. The van der Waals surface area contributed by atoms with Gasteiger partial charge in [-0.05, 0) is 12.1 Å². The summed E-state index contributed by atoms with van der Waals surface area (Å²) in [5, 5.41) is 21.6. The van der Waals surface area contributed by atoms with Crippen LogP contribution in [0.5, 0.6) is 0 Å². The summed E-state index contributed by atoms with van der Waals surface area (Å²) in [4.78, 5) is 9.69. The van der Waals surface area contributed by atoms with Crippen LogP contribution >= 0.6 is 0 Å². The molecule has 0 aliphatic rings. The number of nitrogens with zero attached hydrogens (tertiary/aromatic N) is 1. The molecule has 1 rings (SSSR count). The Hall–Kier alpha value is -1.83. The van der Waals surface area contributed by atoms with E-state index in [1.807, 2.05) is 0 Å². The lowest BCUT2D eigenvalue weighted by molar-refractivity contribution is -0.384. The number of aliphatic hydroxyl groups is 1. The monoisotopic (exact) mass is 250 g/mol. The highest BCUT2D eigenvalue weighted by Gasteiger charge is 2.19. The molecule has 0 aliphatic carbocycles. The van der Waals surface area contributed by atoms with Gasteiger partial charge in [-0.15, -0.1) is 0 Å². The first-order valence-electron chi connectivity index (χ1n) is 4.56. The van der Waals surface area contributed by atoms with Crippen molar-refractivity contribution in [1.29, 1.82) is 0 Å². The van der Waals surface area contributed by atoms with Crippen molar-refractivity contribution in [3.05, 3.63) is 34.1 Å². The number of halogens is 3. The van der Waals surface area contributed by atoms with Gasteiger partial charge in [-0.2, -0.15) is 0 Å². The number of alkyl halides is 2. The Kier molecular flexibility index (Phi) is 4.27. The Labute approximate surface area is 94.0 Å². The summed E-state index contributed by atoms with van der Waals surface area (Å²) in [6, 6.07) is 2.66. The molecule has 1 unspecified atom stereocenters. The Morgan fingerprint density at radius 1 is 1.47 bits per heavy atom. The smallest absolute Gasteiger partial charge is 0.295 e. The summed E-state index contributed by atoms with van der Waals surface area (Å²) >= 11 is 0. The van der Waals surface area contributed by atoms with Crippen molar-refractivity contribution in [3.8, 4) is 0 Å². The van der Waals surface area contributed by atoms with Crippen LogP contribution in [-0.2, 0) is 0 Å². The van der Waals surface area contributed by atoms with E-state index in [1.165, 1.54) is 0 Å². The summed E-state index contributed by atoms with van der Waals surface area (Å²) in [6.45, 7) is -0.565. The van der Waals surface area contributed by atoms with Crippen molar-refractivity contribution in [2.24, 2.45) is 0 Å². The normalized spacial score (nSPS) is 12.5. The van der Waals surface area contributed by atoms with Crippen LogP contribution in [0.2, 0.25) is 0 Å². The molecule has 0 radical (unpaired) electrons. The SMILES string of the molecule is O=[N+]([O-])c1cc(F)ccc1NCC(O)C(F)F. The third-order valence-corrected chi connectivity index (χ3v) is 1.95. The minimum Gasteiger partial charge on any atom is -0.385 e. The number of nitro groups is 1. The predicted octanol–water partition coefficient (Wildman–Crippen LogP) is 1.77. The maximum absolute atomic E-state index is 12.7. The third kappa shape index (κ3) is 3.59. The summed E-state index contributed by atoms with van der Waals surface area (Å²) < 4.78 is 36.7. The molecule has 17 heavy (non-hydrogen) atoms. The molecule has 1 aromatic carbocycles. The van der Waals surface area contributed by atoms with Gasteiger partial charge in [-0.1, -0.05) is 0 Å². The summed E-state index contributed by atoms with van der Waals surface area (Å²) in [5.74, 6) is -0.809. The Balaban J connectivity index is 2.80. The van der Waals surface area contributed by atoms with Gasteiger partial charge in [0.05, 0.1) is 11.0 Å². The summed E-state index contributed by atoms with van der Waals surface area (Å²) in [5.41, 5.74) is -0.706. The van der Waals surface area contributed by atoms with E-state index in [0.717, 1.165) is 12.1 Å². The number of nitro benzene ring substituents is 1. The number of benzene rings is 1. The van der Waals surface area contributed by atoms with Crippen molar-refractivity contribution in [2.45, 2.75) is 12.5 Å². The summed E-state index contributed by atoms with van der Waals surface area (Å²) in [7, 11) is 0. The zero-order chi connectivity index (χ0) is 13.0. The molecular formula is C9H9F3N2O3. The first-order chi connectivity index (χ1) is 7.91. The number of nitrogens with one attached hydrogen (secondary N) is 1. The van der Waals surface area contributed by atoms with Gasteiger partial charge in [-0.3, -0.25) is 10.1 Å². The van der Waals surface area contributed by atoms with Crippen LogP contribution in [0.15, 0.2) is 18.2 Å². The number of anilines is 1. The maximum Gasteiger partial charge on any atom is 0.295 e. The Bertz CT molecular complexity index is 414. The average Bonchev–Trinajstić information content (AvgIpc) is 2.26. The highest BCUT2D eigenvalue weighted by molar-refractivity contribution is 5.61. The fourth-order valence-corrected chi connectivity index (χ4v) is 1.11. The minimum atomic E-state index is -2.96. The van der Waals surface area contributed by atoms with Gasteiger partial charge in [0.2, 0.25) is 0 Å².